The van der Waals surface area contributed by atoms with Crippen LogP contribution in [0.1, 0.15) is 31.9 Å². The first-order valence-electron chi connectivity index (χ1n) is 6.98. The van der Waals surface area contributed by atoms with Crippen LogP contribution in [0.25, 0.3) is 11.3 Å². The largest absolute Gasteiger partial charge is 0.385 e. The average Bonchev–Trinajstić information content (AvgIpc) is 2.86. The van der Waals surface area contributed by atoms with E-state index in [0.717, 1.165) is 12.1 Å². The maximum Gasteiger partial charge on any atom is 0.260 e. The fraction of sp³-hybridized carbons (Fsp3) is 0.467. The summed E-state index contributed by atoms with van der Waals surface area (Å²) in [4.78, 5) is 17.0. The van der Waals surface area contributed by atoms with Crippen molar-refractivity contribution >= 4 is 16.5 Å². The van der Waals surface area contributed by atoms with Gasteiger partial charge in [0.05, 0.1) is 11.3 Å². The summed E-state index contributed by atoms with van der Waals surface area (Å²) in [5.74, 6) is 0.287. The van der Waals surface area contributed by atoms with Gasteiger partial charge in [0.1, 0.15) is 0 Å². The van der Waals surface area contributed by atoms with Gasteiger partial charge in [0.25, 0.3) is 5.56 Å². The highest BCUT2D eigenvalue weighted by Gasteiger charge is 2.14. The third-order valence-electron chi connectivity index (χ3n) is 3.33. The predicted octanol–water partition coefficient (Wildman–Crippen LogP) is 2.71. The van der Waals surface area contributed by atoms with Gasteiger partial charge in [0.2, 0.25) is 0 Å². The summed E-state index contributed by atoms with van der Waals surface area (Å²) < 4.78 is 6.91. The molecule has 2 heterocycles. The molecule has 2 rings (SSSR count). The molecule has 2 aromatic heterocycles. The van der Waals surface area contributed by atoms with E-state index in [1.54, 1.807) is 7.11 Å². The predicted molar refractivity (Wildman–Crippen MR) is 86.8 cm³/mol. The highest BCUT2D eigenvalue weighted by atomic mass is 32.1. The molecule has 2 aromatic rings. The lowest BCUT2D eigenvalue weighted by molar-refractivity contribution is 0.189. The summed E-state index contributed by atoms with van der Waals surface area (Å²) in [7, 11) is 1.67. The molecule has 114 valence electrons. The molecule has 0 atom stereocenters. The molecule has 0 unspecified atom stereocenters. The smallest absolute Gasteiger partial charge is 0.260 e. The van der Waals surface area contributed by atoms with Crippen molar-refractivity contribution in [2.75, 3.05) is 19.5 Å². The second-order valence-corrected chi connectivity index (χ2v) is 6.09. The van der Waals surface area contributed by atoms with Crippen molar-refractivity contribution in [2.45, 2.75) is 32.7 Å². The van der Waals surface area contributed by atoms with E-state index in [2.05, 4.69) is 18.8 Å². The van der Waals surface area contributed by atoms with E-state index in [0.29, 0.717) is 29.5 Å². The van der Waals surface area contributed by atoms with Crippen LogP contribution in [0.5, 0.6) is 0 Å². The number of nitrogens with zero attached hydrogens (tertiary/aromatic N) is 2. The minimum absolute atomic E-state index is 0.0115. The molecule has 0 aliphatic heterocycles. The van der Waals surface area contributed by atoms with Gasteiger partial charge < -0.3 is 15.0 Å². The molecule has 0 aliphatic carbocycles. The van der Waals surface area contributed by atoms with Crippen LogP contribution in [0.3, 0.4) is 0 Å². The number of nitrogen functional groups attached to an aromatic ring is 1. The lowest BCUT2D eigenvalue weighted by Gasteiger charge is -2.16. The quantitative estimate of drug-likeness (QED) is 0.833. The third-order valence-corrected chi connectivity index (χ3v) is 4.00. The number of methoxy groups -OCH3 is 1. The topological polar surface area (TPSA) is 70.1 Å². The Kier molecular flexibility index (Phi) is 5.14. The Hall–Kier alpha value is -1.66. The zero-order valence-electron chi connectivity index (χ0n) is 12.6. The van der Waals surface area contributed by atoms with Gasteiger partial charge in [-0.05, 0) is 24.5 Å². The first-order chi connectivity index (χ1) is 10.0. The average molecular weight is 307 g/mol. The second kappa shape index (κ2) is 6.87. The highest BCUT2D eigenvalue weighted by molar-refractivity contribution is 7.13. The van der Waals surface area contributed by atoms with Crippen LogP contribution in [0, 0.1) is 0 Å². The van der Waals surface area contributed by atoms with Gasteiger partial charge in [-0.15, -0.1) is 11.3 Å². The fourth-order valence-electron chi connectivity index (χ4n) is 2.30. The molecule has 0 amide bonds. The molecule has 0 saturated carbocycles. The standard InChI is InChI=1S/C15H21N3O2S/c1-10(2)13-6-5-11(12-9-21-15(16)17-12)14(19)18(13)7-4-8-20-3/h5-6,9-10H,4,7-8H2,1-3H3,(H2,16,17). The number of hydrogen-bond acceptors (Lipinski definition) is 5. The van der Waals surface area contributed by atoms with Gasteiger partial charge in [0.15, 0.2) is 5.13 Å². The molecule has 2 N–H and O–H groups in total. The van der Waals surface area contributed by atoms with E-state index in [9.17, 15) is 4.79 Å². The second-order valence-electron chi connectivity index (χ2n) is 5.20. The molecule has 0 aromatic carbocycles. The van der Waals surface area contributed by atoms with Crippen molar-refractivity contribution < 1.29 is 4.74 Å². The van der Waals surface area contributed by atoms with Gasteiger partial charge in [0, 0.05) is 31.3 Å². The Morgan fingerprint density at radius 2 is 2.19 bits per heavy atom. The molecule has 0 saturated heterocycles. The SMILES string of the molecule is COCCCn1c(C(C)C)ccc(-c2csc(N)n2)c1=O. The van der Waals surface area contributed by atoms with Crippen molar-refractivity contribution in [3.05, 3.63) is 33.6 Å². The van der Waals surface area contributed by atoms with Gasteiger partial charge in [-0.1, -0.05) is 13.8 Å². The monoisotopic (exact) mass is 307 g/mol. The lowest BCUT2D eigenvalue weighted by Crippen LogP contribution is -2.26. The van der Waals surface area contributed by atoms with Crippen LogP contribution in [0.2, 0.25) is 0 Å². The molecule has 0 aliphatic rings. The van der Waals surface area contributed by atoms with E-state index in [-0.39, 0.29) is 11.5 Å². The number of rotatable bonds is 6. The number of hydrogen-bond donors (Lipinski definition) is 1. The first kappa shape index (κ1) is 15.7. The highest BCUT2D eigenvalue weighted by Crippen LogP contribution is 2.22. The van der Waals surface area contributed by atoms with Crippen LogP contribution in [0.15, 0.2) is 22.3 Å². The molecule has 0 bridgehead atoms. The van der Waals surface area contributed by atoms with Crippen LogP contribution >= 0.6 is 11.3 Å². The molecular formula is C15H21N3O2S. The van der Waals surface area contributed by atoms with Crippen LogP contribution < -0.4 is 11.3 Å². The van der Waals surface area contributed by atoms with E-state index >= 15 is 0 Å². The Labute approximate surface area is 128 Å². The first-order valence-corrected chi connectivity index (χ1v) is 7.86. The number of nitrogens with two attached hydrogens (primary N) is 1. The summed E-state index contributed by atoms with van der Waals surface area (Å²) in [6.07, 6.45) is 0.804. The van der Waals surface area contributed by atoms with Crippen LogP contribution in [-0.4, -0.2) is 23.3 Å². The van der Waals surface area contributed by atoms with Crippen molar-refractivity contribution in [3.63, 3.8) is 0 Å². The lowest BCUT2D eigenvalue weighted by atomic mass is 10.1. The van der Waals surface area contributed by atoms with Gasteiger partial charge in [-0.3, -0.25) is 4.79 Å². The molecule has 0 radical (unpaired) electrons. The summed E-state index contributed by atoms with van der Waals surface area (Å²) in [6, 6.07) is 3.85. The van der Waals surface area contributed by atoms with E-state index in [4.69, 9.17) is 10.5 Å². The summed E-state index contributed by atoms with van der Waals surface area (Å²) in [5, 5.41) is 2.30. The number of thiazole rings is 1. The number of ether oxygens (including phenoxy) is 1. The number of pyridine rings is 1. The Morgan fingerprint density at radius 1 is 1.43 bits per heavy atom. The van der Waals surface area contributed by atoms with Crippen molar-refractivity contribution in [1.29, 1.82) is 0 Å². The third kappa shape index (κ3) is 3.51. The molecule has 0 fully saturated rings. The molecule has 6 heteroatoms. The minimum atomic E-state index is -0.0115. The maximum atomic E-state index is 12.7. The molecular weight excluding hydrogens is 286 g/mol. The normalized spacial score (nSPS) is 11.2. The zero-order valence-corrected chi connectivity index (χ0v) is 13.4. The van der Waals surface area contributed by atoms with E-state index in [1.807, 2.05) is 22.1 Å². The van der Waals surface area contributed by atoms with Crippen LogP contribution in [0.4, 0.5) is 5.13 Å². The van der Waals surface area contributed by atoms with Crippen molar-refractivity contribution in [2.24, 2.45) is 0 Å². The van der Waals surface area contributed by atoms with E-state index < -0.39 is 0 Å². The zero-order chi connectivity index (χ0) is 15.4. The summed E-state index contributed by atoms with van der Waals surface area (Å²) in [5.41, 5.74) is 7.93. The number of anilines is 1. The van der Waals surface area contributed by atoms with Gasteiger partial charge >= 0.3 is 0 Å². The van der Waals surface area contributed by atoms with E-state index in [1.165, 1.54) is 11.3 Å². The Balaban J connectivity index is 2.45. The van der Waals surface area contributed by atoms with Crippen molar-refractivity contribution in [3.8, 4) is 11.3 Å². The van der Waals surface area contributed by atoms with Crippen molar-refractivity contribution in [1.82, 2.24) is 9.55 Å². The maximum absolute atomic E-state index is 12.7. The number of aromatic nitrogens is 2. The van der Waals surface area contributed by atoms with Crippen LogP contribution in [-0.2, 0) is 11.3 Å². The minimum Gasteiger partial charge on any atom is -0.385 e. The van der Waals surface area contributed by atoms with Gasteiger partial charge in [-0.25, -0.2) is 4.98 Å². The van der Waals surface area contributed by atoms with Gasteiger partial charge in [-0.2, -0.15) is 0 Å². The molecule has 0 spiro atoms. The molecule has 5 nitrogen and oxygen atoms in total. The Morgan fingerprint density at radius 3 is 2.76 bits per heavy atom. The molecule has 21 heavy (non-hydrogen) atoms. The summed E-state index contributed by atoms with van der Waals surface area (Å²) in [6.45, 7) is 5.45. The summed E-state index contributed by atoms with van der Waals surface area (Å²) >= 11 is 1.34. The fourth-order valence-corrected chi connectivity index (χ4v) is 2.86. The Bertz CT molecular complexity index is 661.